The van der Waals surface area contributed by atoms with Gasteiger partial charge in [0.05, 0.1) is 33.9 Å². The Bertz CT molecular complexity index is 1930. The lowest BCUT2D eigenvalue weighted by molar-refractivity contribution is -0.115. The minimum atomic E-state index is -3.84. The number of carbonyl (C=O) groups is 1. The molecule has 1 amide bonds. The average Bonchev–Trinajstić information content (AvgIpc) is 3.34. The van der Waals surface area contributed by atoms with Crippen LogP contribution in [0.3, 0.4) is 0 Å². The molecule has 45 heavy (non-hydrogen) atoms. The number of amides is 1. The van der Waals surface area contributed by atoms with Gasteiger partial charge in [0.1, 0.15) is 5.92 Å². The summed E-state index contributed by atoms with van der Waals surface area (Å²) in [6.45, 7) is 0.838. The topological polar surface area (TPSA) is 119 Å². The van der Waals surface area contributed by atoms with Crippen molar-refractivity contribution in [1.82, 2.24) is 4.90 Å². The minimum Gasteiger partial charge on any atom is -0.325 e. The average molecular weight is 646 g/mol. The van der Waals surface area contributed by atoms with Gasteiger partial charge in [0, 0.05) is 25.8 Å². The van der Waals surface area contributed by atoms with Gasteiger partial charge in [0.25, 0.3) is 10.0 Å². The van der Waals surface area contributed by atoms with Gasteiger partial charge in [-0.1, -0.05) is 48.5 Å². The Morgan fingerprint density at radius 1 is 0.778 bits per heavy atom. The van der Waals surface area contributed by atoms with Crippen molar-refractivity contribution in [2.75, 3.05) is 54.4 Å². The summed E-state index contributed by atoms with van der Waals surface area (Å²) >= 11 is 0. The standard InChI is InChI=1S/C33H35N5O5S2/c1-36(2)21-22-38(44(4,40)41)26-17-15-25(16-18-26)34-32(24-11-7-5-8-12-24)31-29-23-27(19-20-30(29)35-33(31)39)37(3)45(42,43)28-13-9-6-10-14-28/h5-20,23,31H,21-22H2,1-4H3,(H,35,39). The molecular weight excluding hydrogens is 611 g/mol. The molecule has 1 aliphatic rings. The Hall–Kier alpha value is -4.52. The highest BCUT2D eigenvalue weighted by Gasteiger charge is 2.36. The van der Waals surface area contributed by atoms with E-state index >= 15 is 0 Å². The van der Waals surface area contributed by atoms with Crippen LogP contribution in [0.15, 0.2) is 113 Å². The van der Waals surface area contributed by atoms with Crippen LogP contribution >= 0.6 is 0 Å². The Morgan fingerprint density at radius 2 is 1.38 bits per heavy atom. The summed E-state index contributed by atoms with van der Waals surface area (Å²) in [5.74, 6) is -1.12. The van der Waals surface area contributed by atoms with E-state index in [0.29, 0.717) is 52.7 Å². The van der Waals surface area contributed by atoms with Gasteiger partial charge in [0.2, 0.25) is 15.9 Å². The minimum absolute atomic E-state index is 0.157. The van der Waals surface area contributed by atoms with Gasteiger partial charge in [0.15, 0.2) is 0 Å². The second-order valence-electron chi connectivity index (χ2n) is 11.0. The predicted octanol–water partition coefficient (Wildman–Crippen LogP) is 4.70. The van der Waals surface area contributed by atoms with Crippen LogP contribution in [-0.4, -0.2) is 73.8 Å². The van der Waals surface area contributed by atoms with Crippen molar-refractivity contribution >= 4 is 54.4 Å². The summed E-state index contributed by atoms with van der Waals surface area (Å²) in [5.41, 5.74) is 3.79. The quantitative estimate of drug-likeness (QED) is 0.236. The first-order chi connectivity index (χ1) is 21.4. The van der Waals surface area contributed by atoms with E-state index in [1.165, 1.54) is 34.0 Å². The lowest BCUT2D eigenvalue weighted by Gasteiger charge is -2.24. The molecule has 1 N–H and O–H groups in total. The molecule has 0 fully saturated rings. The third kappa shape index (κ3) is 6.93. The summed E-state index contributed by atoms with van der Waals surface area (Å²) in [5, 5.41) is 2.92. The number of hydrogen-bond donors (Lipinski definition) is 1. The van der Waals surface area contributed by atoms with Crippen molar-refractivity contribution in [3.05, 3.63) is 114 Å². The molecule has 234 valence electrons. The lowest BCUT2D eigenvalue weighted by Crippen LogP contribution is -2.35. The molecule has 4 aromatic carbocycles. The zero-order valence-corrected chi connectivity index (χ0v) is 27.1. The fraction of sp³-hybridized carbons (Fsp3) is 0.212. The molecule has 0 aromatic heterocycles. The van der Waals surface area contributed by atoms with Crippen molar-refractivity contribution < 1.29 is 21.6 Å². The Morgan fingerprint density at radius 3 is 1.98 bits per heavy atom. The fourth-order valence-electron chi connectivity index (χ4n) is 5.12. The summed E-state index contributed by atoms with van der Waals surface area (Å²) in [6, 6.07) is 29.4. The van der Waals surface area contributed by atoms with E-state index in [-0.39, 0.29) is 10.8 Å². The van der Waals surface area contributed by atoms with Crippen molar-refractivity contribution in [2.24, 2.45) is 4.99 Å². The number of benzene rings is 4. The summed E-state index contributed by atoms with van der Waals surface area (Å²) < 4.78 is 54.3. The largest absolute Gasteiger partial charge is 0.325 e. The summed E-state index contributed by atoms with van der Waals surface area (Å²) in [6.07, 6.45) is 1.18. The Kier molecular flexibility index (Phi) is 9.10. The van der Waals surface area contributed by atoms with Crippen LogP contribution in [0.4, 0.5) is 22.7 Å². The van der Waals surface area contributed by atoms with Crippen molar-refractivity contribution in [1.29, 1.82) is 0 Å². The van der Waals surface area contributed by atoms with Gasteiger partial charge in [-0.3, -0.25) is 18.4 Å². The van der Waals surface area contributed by atoms with E-state index in [2.05, 4.69) is 5.32 Å². The molecule has 1 atom stereocenters. The number of nitrogens with zero attached hydrogens (tertiary/aromatic N) is 4. The molecule has 0 saturated carbocycles. The molecule has 0 bridgehead atoms. The van der Waals surface area contributed by atoms with Crippen molar-refractivity contribution in [2.45, 2.75) is 10.8 Å². The highest BCUT2D eigenvalue weighted by molar-refractivity contribution is 7.92. The first-order valence-electron chi connectivity index (χ1n) is 14.2. The van der Waals surface area contributed by atoms with Gasteiger partial charge in [-0.2, -0.15) is 0 Å². The molecule has 0 radical (unpaired) electrons. The highest BCUT2D eigenvalue weighted by Crippen LogP contribution is 2.39. The molecule has 0 spiro atoms. The number of aliphatic imine (C=N–C) groups is 1. The van der Waals surface area contributed by atoms with Crippen LogP contribution in [0.2, 0.25) is 0 Å². The summed E-state index contributed by atoms with van der Waals surface area (Å²) in [7, 11) is -2.12. The van der Waals surface area contributed by atoms with E-state index in [1.54, 1.807) is 60.7 Å². The molecule has 1 unspecified atom stereocenters. The molecule has 0 saturated heterocycles. The van der Waals surface area contributed by atoms with Crippen molar-refractivity contribution in [3.8, 4) is 0 Å². The second-order valence-corrected chi connectivity index (χ2v) is 14.9. The Balaban J connectivity index is 1.55. The zero-order chi connectivity index (χ0) is 32.4. The van der Waals surface area contributed by atoms with E-state index in [9.17, 15) is 21.6 Å². The molecule has 10 nitrogen and oxygen atoms in total. The monoisotopic (exact) mass is 645 g/mol. The van der Waals surface area contributed by atoms with Gasteiger partial charge in [-0.05, 0) is 79.8 Å². The van der Waals surface area contributed by atoms with E-state index in [1.807, 2.05) is 49.3 Å². The zero-order valence-electron chi connectivity index (χ0n) is 25.5. The molecule has 12 heteroatoms. The maximum atomic E-state index is 13.5. The molecule has 0 aliphatic carbocycles. The first-order valence-corrected chi connectivity index (χ1v) is 17.5. The lowest BCUT2D eigenvalue weighted by atomic mass is 9.90. The number of rotatable bonds is 11. The Labute approximate surface area is 264 Å². The number of hydrogen-bond acceptors (Lipinski definition) is 7. The number of nitrogens with one attached hydrogen (secondary N) is 1. The van der Waals surface area contributed by atoms with Crippen molar-refractivity contribution in [3.63, 3.8) is 0 Å². The van der Waals surface area contributed by atoms with E-state index < -0.39 is 26.0 Å². The van der Waals surface area contributed by atoms with E-state index in [4.69, 9.17) is 4.99 Å². The smallest absolute Gasteiger partial charge is 0.264 e. The van der Waals surface area contributed by atoms with Crippen LogP contribution in [0.25, 0.3) is 0 Å². The second kappa shape index (κ2) is 12.8. The van der Waals surface area contributed by atoms with Gasteiger partial charge < -0.3 is 10.2 Å². The van der Waals surface area contributed by atoms with Gasteiger partial charge in [-0.15, -0.1) is 0 Å². The van der Waals surface area contributed by atoms with Crippen LogP contribution in [0.5, 0.6) is 0 Å². The normalized spacial score (nSPS) is 15.1. The van der Waals surface area contributed by atoms with Gasteiger partial charge >= 0.3 is 0 Å². The molecular formula is C33H35N5O5S2. The molecule has 1 aliphatic heterocycles. The number of sulfonamides is 2. The van der Waals surface area contributed by atoms with E-state index in [0.717, 1.165) is 0 Å². The summed E-state index contributed by atoms with van der Waals surface area (Å²) in [4.78, 5) is 20.5. The highest BCUT2D eigenvalue weighted by atomic mass is 32.2. The maximum absolute atomic E-state index is 13.5. The number of carbonyl (C=O) groups excluding carboxylic acids is 1. The maximum Gasteiger partial charge on any atom is 0.264 e. The fourth-order valence-corrected chi connectivity index (χ4v) is 7.25. The van der Waals surface area contributed by atoms with Crippen LogP contribution in [0.1, 0.15) is 17.0 Å². The number of fused-ring (bicyclic) bond motifs is 1. The molecule has 5 rings (SSSR count). The SMILES string of the molecule is CN(C)CCN(c1ccc(N=C(c2ccccc2)C2C(=O)Nc3ccc(N(C)S(=O)(=O)c4ccccc4)cc32)cc1)S(C)(=O)=O. The number of likely N-dealkylation sites (N-methyl/N-ethyl adjacent to an activating group) is 1. The van der Waals surface area contributed by atoms with Crippen LogP contribution in [-0.2, 0) is 24.8 Å². The predicted molar refractivity (Wildman–Crippen MR) is 180 cm³/mol. The third-order valence-corrected chi connectivity index (χ3v) is 10.5. The van der Waals surface area contributed by atoms with Gasteiger partial charge in [-0.25, -0.2) is 16.8 Å². The molecule has 4 aromatic rings. The molecule has 1 heterocycles. The first kappa shape index (κ1) is 31.9. The third-order valence-electron chi connectivity index (χ3n) is 7.51. The van der Waals surface area contributed by atoms with Crippen LogP contribution < -0.4 is 13.9 Å². The number of anilines is 3. The van der Waals surface area contributed by atoms with Crippen LogP contribution in [0, 0.1) is 0 Å².